The van der Waals surface area contributed by atoms with E-state index in [9.17, 15) is 27.6 Å². The number of unbranched alkanes of at least 4 members (excludes halogenated alkanes) is 1. The first kappa shape index (κ1) is 35.1. The first-order chi connectivity index (χ1) is 22.4. The van der Waals surface area contributed by atoms with Crippen LogP contribution in [-0.4, -0.2) is 79.3 Å². The predicted octanol–water partition coefficient (Wildman–Crippen LogP) is 3.70. The second kappa shape index (κ2) is 14.5. The van der Waals surface area contributed by atoms with Gasteiger partial charge in [0.2, 0.25) is 21.8 Å². The van der Waals surface area contributed by atoms with Gasteiger partial charge in [-0.25, -0.2) is 13.2 Å². The van der Waals surface area contributed by atoms with E-state index in [-0.39, 0.29) is 32.6 Å². The topological polar surface area (TPSA) is 160 Å². The van der Waals surface area contributed by atoms with Crippen LogP contribution in [0.3, 0.4) is 0 Å². The van der Waals surface area contributed by atoms with Crippen LogP contribution in [0.4, 0.5) is 4.79 Å². The van der Waals surface area contributed by atoms with Crippen LogP contribution >= 0.6 is 15.9 Å². The summed E-state index contributed by atoms with van der Waals surface area (Å²) >= 11 is 3.56. The molecule has 2 heterocycles. The zero-order valence-corrected chi connectivity index (χ0v) is 29.0. The SMILES string of the molecule is C=C[C@H]1C[C@]1(NC(=O)[C@@H]1C[C@@H]2CN1C(=O)[C@H](CCCC)NC(=O)OCCCC(=C)c1cc(Br)cc(c1)CO2)C(=O)NS(=O)(=O)C1CC1. The Bertz CT molecular complexity index is 1550. The third-order valence-electron chi connectivity index (χ3n) is 9.24. The molecule has 1 aromatic rings. The molecule has 0 spiro atoms. The van der Waals surface area contributed by atoms with Crippen LogP contribution in [0.1, 0.15) is 75.8 Å². The second-order valence-electron chi connectivity index (χ2n) is 12.9. The van der Waals surface area contributed by atoms with Crippen molar-refractivity contribution < 1.29 is 37.1 Å². The number of ether oxygens (including phenoxy) is 2. The van der Waals surface area contributed by atoms with Crippen LogP contribution in [-0.2, 0) is 40.5 Å². The van der Waals surface area contributed by atoms with Crippen molar-refractivity contribution in [1.29, 1.82) is 0 Å². The number of rotatable bonds is 9. The molecule has 4 aliphatic rings. The van der Waals surface area contributed by atoms with E-state index in [2.05, 4.69) is 44.4 Å². The van der Waals surface area contributed by atoms with Crippen LogP contribution in [0, 0.1) is 5.92 Å². The van der Waals surface area contributed by atoms with Crippen LogP contribution in [0.5, 0.6) is 0 Å². The molecular weight excluding hydrogens is 692 g/mol. The van der Waals surface area contributed by atoms with Gasteiger partial charge in [-0.15, -0.1) is 6.58 Å². The van der Waals surface area contributed by atoms with Crippen molar-refractivity contribution in [1.82, 2.24) is 20.3 Å². The molecule has 14 heteroatoms. The fraction of sp³-hybridized carbons (Fsp3) is 0.576. The molecule has 4 bridgehead atoms. The van der Waals surface area contributed by atoms with E-state index in [4.69, 9.17) is 9.47 Å². The minimum absolute atomic E-state index is 0.0734. The monoisotopic (exact) mass is 734 g/mol. The molecule has 3 fully saturated rings. The van der Waals surface area contributed by atoms with E-state index >= 15 is 0 Å². The summed E-state index contributed by atoms with van der Waals surface area (Å²) in [6.07, 6.45) is 4.41. The van der Waals surface area contributed by atoms with Gasteiger partial charge < -0.3 is 25.0 Å². The van der Waals surface area contributed by atoms with E-state index in [1.54, 1.807) is 0 Å². The fourth-order valence-electron chi connectivity index (χ4n) is 6.23. The number of nitrogens with zero attached hydrogens (tertiary/aromatic N) is 1. The van der Waals surface area contributed by atoms with Crippen LogP contribution in [0.15, 0.2) is 41.9 Å². The predicted molar refractivity (Wildman–Crippen MR) is 178 cm³/mol. The minimum atomic E-state index is -3.86. The summed E-state index contributed by atoms with van der Waals surface area (Å²) in [5, 5.41) is 4.87. The summed E-state index contributed by atoms with van der Waals surface area (Å²) in [4.78, 5) is 55.6. The summed E-state index contributed by atoms with van der Waals surface area (Å²) in [5.41, 5.74) is 1.17. The van der Waals surface area contributed by atoms with Crippen molar-refractivity contribution in [2.45, 2.75) is 100 Å². The van der Waals surface area contributed by atoms with Gasteiger partial charge >= 0.3 is 6.09 Å². The van der Waals surface area contributed by atoms with Crippen molar-refractivity contribution >= 4 is 55.3 Å². The minimum Gasteiger partial charge on any atom is -0.450 e. The van der Waals surface area contributed by atoms with Crippen molar-refractivity contribution in [3.63, 3.8) is 0 Å². The molecule has 5 atom stereocenters. The molecule has 0 aromatic heterocycles. The lowest BCUT2D eigenvalue weighted by molar-refractivity contribution is -0.141. The number of fused-ring (bicyclic) bond motifs is 4. The zero-order valence-electron chi connectivity index (χ0n) is 26.6. The van der Waals surface area contributed by atoms with E-state index in [1.807, 2.05) is 25.1 Å². The summed E-state index contributed by atoms with van der Waals surface area (Å²) in [5.74, 6) is -2.37. The number of amides is 4. The van der Waals surface area contributed by atoms with Gasteiger partial charge in [0.25, 0.3) is 5.91 Å². The molecule has 12 nitrogen and oxygen atoms in total. The van der Waals surface area contributed by atoms with Gasteiger partial charge in [-0.05, 0) is 73.4 Å². The largest absolute Gasteiger partial charge is 0.450 e. The maximum absolute atomic E-state index is 14.1. The number of allylic oxidation sites excluding steroid dienone is 1. The van der Waals surface area contributed by atoms with Gasteiger partial charge in [0.15, 0.2) is 0 Å². The number of sulfonamides is 1. The Hall–Kier alpha value is -3.23. The zero-order chi connectivity index (χ0) is 33.9. The molecule has 3 N–H and O–H groups in total. The van der Waals surface area contributed by atoms with Gasteiger partial charge in [0, 0.05) is 23.4 Å². The second-order valence-corrected chi connectivity index (χ2v) is 15.8. The molecule has 2 saturated carbocycles. The lowest BCUT2D eigenvalue weighted by atomic mass is 10.0. The van der Waals surface area contributed by atoms with Gasteiger partial charge in [-0.1, -0.05) is 48.4 Å². The molecule has 0 radical (unpaired) electrons. The molecule has 256 valence electrons. The molecule has 1 saturated heterocycles. The highest BCUT2D eigenvalue weighted by molar-refractivity contribution is 9.10. The van der Waals surface area contributed by atoms with E-state index < -0.39 is 68.7 Å². The number of alkyl carbamates (subject to hydrolysis) is 1. The maximum Gasteiger partial charge on any atom is 0.407 e. The molecule has 0 unspecified atom stereocenters. The Kier molecular flexibility index (Phi) is 10.8. The third kappa shape index (κ3) is 8.26. The molecule has 1 aromatic carbocycles. The number of cyclic esters (lactones) is 1. The van der Waals surface area contributed by atoms with Crippen molar-refractivity contribution in [3.05, 3.63) is 53.0 Å². The lowest BCUT2D eigenvalue weighted by Crippen LogP contribution is -2.58. The van der Waals surface area contributed by atoms with Crippen molar-refractivity contribution in [2.24, 2.45) is 5.92 Å². The highest BCUT2D eigenvalue weighted by Gasteiger charge is 2.62. The standard InChI is InChI=1S/C33H43BrN4O8S/c1-4-6-9-27-30(40)38-18-25(46-19-21-13-22(15-24(34)14-21)20(3)8-7-12-45-32(42)35-27)16-28(38)29(39)36-33(17-23(33)5-2)31(41)37-47(43,44)26-10-11-26/h5,13-15,23,25-28H,2-4,6-12,16-19H2,1H3,(H,35,42)(H,36,39)(H,37,41)/t23-,25+,27-,28-,33+/m0/s1. The smallest absolute Gasteiger partial charge is 0.407 e. The van der Waals surface area contributed by atoms with Crippen molar-refractivity contribution in [2.75, 3.05) is 13.2 Å². The van der Waals surface area contributed by atoms with Crippen LogP contribution in [0.2, 0.25) is 0 Å². The fourth-order valence-corrected chi connectivity index (χ4v) is 8.13. The number of benzene rings is 1. The van der Waals surface area contributed by atoms with Gasteiger partial charge in [-0.2, -0.15) is 0 Å². The quantitative estimate of drug-likeness (QED) is 0.324. The molecule has 4 amide bonds. The summed E-state index contributed by atoms with van der Waals surface area (Å²) in [7, 11) is -3.86. The first-order valence-electron chi connectivity index (χ1n) is 16.2. The van der Waals surface area contributed by atoms with Crippen LogP contribution < -0.4 is 15.4 Å². The Morgan fingerprint density at radius 1 is 1.23 bits per heavy atom. The third-order valence-corrected chi connectivity index (χ3v) is 11.5. The first-order valence-corrected chi connectivity index (χ1v) is 18.5. The van der Waals surface area contributed by atoms with Gasteiger partial charge in [0.1, 0.15) is 17.6 Å². The number of halogens is 1. The highest BCUT2D eigenvalue weighted by Crippen LogP contribution is 2.45. The maximum atomic E-state index is 14.1. The van der Waals surface area contributed by atoms with E-state index in [1.165, 1.54) is 11.0 Å². The molecular formula is C33H43BrN4O8S. The number of carbonyl (C=O) groups excluding carboxylic acids is 4. The van der Waals surface area contributed by atoms with E-state index in [0.29, 0.717) is 38.5 Å². The number of hydrogen-bond acceptors (Lipinski definition) is 8. The Morgan fingerprint density at radius 3 is 2.68 bits per heavy atom. The average Bonchev–Trinajstić information content (AvgIpc) is 3.95. The summed E-state index contributed by atoms with van der Waals surface area (Å²) < 4.78 is 39.8. The normalized spacial score (nSPS) is 28.5. The van der Waals surface area contributed by atoms with Crippen molar-refractivity contribution in [3.8, 4) is 0 Å². The molecule has 47 heavy (non-hydrogen) atoms. The Balaban J connectivity index is 1.41. The highest BCUT2D eigenvalue weighted by atomic mass is 79.9. The van der Waals surface area contributed by atoms with E-state index in [0.717, 1.165) is 27.6 Å². The molecule has 2 aliphatic carbocycles. The Labute approximate surface area is 284 Å². The van der Waals surface area contributed by atoms with Crippen LogP contribution in [0.25, 0.3) is 5.57 Å². The number of nitrogens with one attached hydrogen (secondary N) is 3. The summed E-state index contributed by atoms with van der Waals surface area (Å²) in [6.45, 7) is 10.3. The average molecular weight is 736 g/mol. The van der Waals surface area contributed by atoms with Gasteiger partial charge in [-0.3, -0.25) is 19.1 Å². The van der Waals surface area contributed by atoms with Gasteiger partial charge in [0.05, 0.1) is 24.6 Å². The summed E-state index contributed by atoms with van der Waals surface area (Å²) in [6, 6.07) is 3.87. The molecule has 5 rings (SSSR count). The molecule has 2 aliphatic heterocycles. The Morgan fingerprint density at radius 2 is 2.00 bits per heavy atom. The number of hydrogen-bond donors (Lipinski definition) is 3. The lowest BCUT2D eigenvalue weighted by Gasteiger charge is -2.29. The number of carbonyl (C=O) groups is 4.